The van der Waals surface area contributed by atoms with Crippen molar-refractivity contribution < 1.29 is 23.8 Å². The van der Waals surface area contributed by atoms with Crippen molar-refractivity contribution in [3.05, 3.63) is 18.4 Å². The van der Waals surface area contributed by atoms with Gasteiger partial charge >= 0.3 is 11.9 Å². The number of esters is 1. The van der Waals surface area contributed by atoms with Gasteiger partial charge in [0.2, 0.25) is 5.89 Å². The highest BCUT2D eigenvalue weighted by Crippen LogP contribution is 2.45. The van der Waals surface area contributed by atoms with E-state index >= 15 is 0 Å². The maximum atomic E-state index is 11.3. The van der Waals surface area contributed by atoms with E-state index in [9.17, 15) is 9.59 Å². The van der Waals surface area contributed by atoms with Crippen molar-refractivity contribution in [3.8, 4) is 0 Å². The third-order valence-electron chi connectivity index (χ3n) is 3.64. The van der Waals surface area contributed by atoms with Gasteiger partial charge in [-0.25, -0.2) is 14.6 Å². The first kappa shape index (κ1) is 11.2. The number of oxazole rings is 1. The van der Waals surface area contributed by atoms with E-state index in [2.05, 4.69) is 9.88 Å². The van der Waals surface area contributed by atoms with Crippen LogP contribution >= 0.6 is 0 Å². The van der Waals surface area contributed by atoms with Gasteiger partial charge in [-0.2, -0.15) is 0 Å². The summed E-state index contributed by atoms with van der Waals surface area (Å²) in [4.78, 5) is 28.1. The average Bonchev–Trinajstić information content (AvgIpc) is 3.02. The molecule has 2 aliphatic rings. The number of piperidine rings is 1. The van der Waals surface area contributed by atoms with E-state index in [1.807, 2.05) is 0 Å². The molecule has 3 heterocycles. The van der Waals surface area contributed by atoms with Crippen LogP contribution in [0.25, 0.3) is 0 Å². The fourth-order valence-corrected chi connectivity index (χ4v) is 2.84. The molecule has 3 atom stereocenters. The maximum Gasteiger partial charge on any atom is 0.417 e. The van der Waals surface area contributed by atoms with Crippen molar-refractivity contribution in [1.82, 2.24) is 9.88 Å². The van der Waals surface area contributed by atoms with Gasteiger partial charge in [-0.3, -0.25) is 4.90 Å². The van der Waals surface area contributed by atoms with E-state index in [1.54, 1.807) is 0 Å². The Kier molecular flexibility index (Phi) is 2.37. The zero-order valence-electron chi connectivity index (χ0n) is 9.54. The third kappa shape index (κ3) is 1.59. The molecule has 0 amide bonds. The molecule has 18 heavy (non-hydrogen) atoms. The van der Waals surface area contributed by atoms with Gasteiger partial charge < -0.3 is 14.3 Å². The zero-order chi connectivity index (χ0) is 12.8. The number of rotatable bonds is 2. The first-order valence-electron chi connectivity index (χ1n) is 5.69. The van der Waals surface area contributed by atoms with Gasteiger partial charge in [0.1, 0.15) is 11.9 Å². The lowest BCUT2D eigenvalue weighted by Gasteiger charge is -2.30. The monoisotopic (exact) mass is 252 g/mol. The number of hydrogen-bond donors (Lipinski definition) is 1. The van der Waals surface area contributed by atoms with Crippen LogP contribution in [0.2, 0.25) is 0 Å². The van der Waals surface area contributed by atoms with Crippen molar-refractivity contribution in [2.24, 2.45) is 0 Å². The van der Waals surface area contributed by atoms with Crippen molar-refractivity contribution in [2.45, 2.75) is 17.9 Å². The first-order chi connectivity index (χ1) is 8.61. The van der Waals surface area contributed by atoms with Gasteiger partial charge in [0.25, 0.3) is 0 Å². The number of aromatic nitrogens is 1. The number of carboxylic acid groups (broad SMARTS) is 1. The summed E-state index contributed by atoms with van der Waals surface area (Å²) in [7, 11) is 0. The van der Waals surface area contributed by atoms with Crippen molar-refractivity contribution in [2.75, 3.05) is 19.6 Å². The number of ether oxygens (including phenoxy) is 1. The second-order valence-electron chi connectivity index (χ2n) is 4.67. The lowest BCUT2D eigenvalue weighted by atomic mass is 9.87. The molecule has 0 spiro atoms. The smallest absolute Gasteiger partial charge is 0.417 e. The van der Waals surface area contributed by atoms with Crippen LogP contribution in [0.4, 0.5) is 0 Å². The molecule has 0 radical (unpaired) electrons. The second-order valence-corrected chi connectivity index (χ2v) is 4.67. The van der Waals surface area contributed by atoms with Crippen molar-refractivity contribution in [3.63, 3.8) is 0 Å². The molecule has 1 aromatic rings. The summed E-state index contributed by atoms with van der Waals surface area (Å²) in [5.41, 5.74) is -0.805. The fourth-order valence-electron chi connectivity index (χ4n) is 2.84. The number of fused-ring (bicyclic) bond motifs is 2. The van der Waals surface area contributed by atoms with Crippen molar-refractivity contribution >= 4 is 11.9 Å². The molecule has 1 N–H and O–H groups in total. The Labute approximate surface area is 102 Å². The van der Waals surface area contributed by atoms with Crippen LogP contribution in [0, 0.1) is 0 Å². The van der Waals surface area contributed by atoms with Gasteiger partial charge in [-0.1, -0.05) is 0 Å². The molecule has 3 unspecified atom stereocenters. The molecule has 2 aliphatic heterocycles. The van der Waals surface area contributed by atoms with Gasteiger partial charge in [0.15, 0.2) is 0 Å². The van der Waals surface area contributed by atoms with Crippen LogP contribution in [0.5, 0.6) is 0 Å². The summed E-state index contributed by atoms with van der Waals surface area (Å²) in [6, 6.07) is 0. The molecule has 0 aliphatic carbocycles. The predicted molar refractivity (Wildman–Crippen MR) is 56.8 cm³/mol. The Balaban J connectivity index is 1.87. The van der Waals surface area contributed by atoms with E-state index in [0.717, 1.165) is 6.54 Å². The van der Waals surface area contributed by atoms with Gasteiger partial charge in [0, 0.05) is 26.1 Å². The average molecular weight is 252 g/mol. The van der Waals surface area contributed by atoms with E-state index in [-0.39, 0.29) is 5.92 Å². The highest BCUT2D eigenvalue weighted by Gasteiger charge is 2.57. The van der Waals surface area contributed by atoms with Gasteiger partial charge in [0.05, 0.1) is 12.1 Å². The minimum absolute atomic E-state index is 0.190. The lowest BCUT2D eigenvalue weighted by molar-refractivity contribution is -0.174. The number of nitrogens with zero attached hydrogens (tertiary/aromatic N) is 2. The zero-order valence-corrected chi connectivity index (χ0v) is 9.54. The topological polar surface area (TPSA) is 92.9 Å². The molecule has 2 fully saturated rings. The minimum atomic E-state index is -1.57. The predicted octanol–water partition coefficient (Wildman–Crippen LogP) is -0.156. The van der Waals surface area contributed by atoms with Crippen LogP contribution in [-0.2, 0) is 14.3 Å². The summed E-state index contributed by atoms with van der Waals surface area (Å²) in [5, 5.41) is 8.66. The van der Waals surface area contributed by atoms with Crippen molar-refractivity contribution in [1.29, 1.82) is 0 Å². The SMILES string of the molecule is O=C(O)C(=O)OC12CCN(CC1c1ncco1)C2. The first-order valence-corrected chi connectivity index (χ1v) is 5.69. The van der Waals surface area contributed by atoms with Crippen LogP contribution in [0.1, 0.15) is 18.2 Å². The lowest BCUT2D eigenvalue weighted by Crippen LogP contribution is -2.42. The Morgan fingerprint density at radius 3 is 3.06 bits per heavy atom. The molecule has 2 bridgehead atoms. The highest BCUT2D eigenvalue weighted by molar-refractivity contribution is 6.28. The maximum absolute atomic E-state index is 11.3. The number of carbonyl (C=O) groups excluding carboxylic acids is 1. The van der Waals surface area contributed by atoms with E-state index in [0.29, 0.717) is 25.4 Å². The molecular weight excluding hydrogens is 240 g/mol. The minimum Gasteiger partial charge on any atom is -0.473 e. The number of carboxylic acids is 1. The highest BCUT2D eigenvalue weighted by atomic mass is 16.6. The van der Waals surface area contributed by atoms with Gasteiger partial charge in [-0.15, -0.1) is 0 Å². The number of carbonyl (C=O) groups is 2. The third-order valence-corrected chi connectivity index (χ3v) is 3.64. The molecule has 3 rings (SSSR count). The Hall–Kier alpha value is -1.89. The van der Waals surface area contributed by atoms with E-state index in [1.165, 1.54) is 12.5 Å². The Morgan fingerprint density at radius 1 is 1.61 bits per heavy atom. The van der Waals surface area contributed by atoms with E-state index in [4.69, 9.17) is 14.3 Å². The fraction of sp³-hybridized carbons (Fsp3) is 0.545. The summed E-state index contributed by atoms with van der Waals surface area (Å²) in [6.07, 6.45) is 3.60. The second kappa shape index (κ2) is 3.81. The summed E-state index contributed by atoms with van der Waals surface area (Å²) >= 11 is 0. The van der Waals surface area contributed by atoms with Crippen LogP contribution in [0.15, 0.2) is 16.9 Å². The molecule has 7 heteroatoms. The number of aliphatic carboxylic acids is 1. The quantitative estimate of drug-likeness (QED) is 0.577. The number of hydrogen-bond acceptors (Lipinski definition) is 6. The van der Waals surface area contributed by atoms with Crippen LogP contribution < -0.4 is 0 Å². The molecule has 0 aromatic carbocycles. The molecule has 0 saturated carbocycles. The molecule has 7 nitrogen and oxygen atoms in total. The Bertz CT molecular complexity index is 486. The van der Waals surface area contributed by atoms with Crippen LogP contribution in [0.3, 0.4) is 0 Å². The molecule has 96 valence electrons. The standard InChI is InChI=1S/C11H12N2O5/c14-9(15)10(16)18-11-1-3-13(6-11)5-7(11)8-12-2-4-17-8/h2,4,7H,1,3,5-6H2,(H,14,15). The summed E-state index contributed by atoms with van der Waals surface area (Å²) < 4.78 is 10.5. The summed E-state index contributed by atoms with van der Waals surface area (Å²) in [6.45, 7) is 2.01. The molecule has 2 saturated heterocycles. The van der Waals surface area contributed by atoms with Crippen LogP contribution in [-0.4, -0.2) is 52.2 Å². The largest absolute Gasteiger partial charge is 0.473 e. The molecule has 1 aromatic heterocycles. The molecular formula is C11H12N2O5. The van der Waals surface area contributed by atoms with E-state index < -0.39 is 17.5 Å². The van der Waals surface area contributed by atoms with Gasteiger partial charge in [-0.05, 0) is 0 Å². The Morgan fingerprint density at radius 2 is 2.44 bits per heavy atom. The normalized spacial score (nSPS) is 33.6. The summed E-state index contributed by atoms with van der Waals surface area (Å²) in [5.74, 6) is -2.48.